The molecule has 98 valence electrons. The van der Waals surface area contributed by atoms with Crippen molar-refractivity contribution in [3.63, 3.8) is 0 Å². The number of nitrogens with zero attached hydrogens (tertiary/aromatic N) is 1. The molecule has 0 aromatic heterocycles. The van der Waals surface area contributed by atoms with Gasteiger partial charge in [-0.1, -0.05) is 0 Å². The molecule has 1 unspecified atom stereocenters. The van der Waals surface area contributed by atoms with Crippen LogP contribution in [0.3, 0.4) is 0 Å². The molecule has 0 spiro atoms. The number of carbonyl (C=O) groups is 1. The summed E-state index contributed by atoms with van der Waals surface area (Å²) in [7, 11) is 3.20. The lowest BCUT2D eigenvalue weighted by atomic mass is 10.1. The number of hydrogen-bond acceptors (Lipinski definition) is 2. The number of ether oxygens (including phenoxy) is 1. The van der Waals surface area contributed by atoms with Crippen LogP contribution in [0.15, 0.2) is 18.2 Å². The fraction of sp³-hybridized carbons (Fsp3) is 0.500. The van der Waals surface area contributed by atoms with Crippen molar-refractivity contribution in [3.05, 3.63) is 29.6 Å². The fourth-order valence-corrected chi connectivity index (χ4v) is 2.07. The largest absolute Gasteiger partial charge is 0.497 e. The summed E-state index contributed by atoms with van der Waals surface area (Å²) in [4.78, 5) is 13.8. The average molecular weight is 251 g/mol. The zero-order chi connectivity index (χ0) is 13.3. The summed E-state index contributed by atoms with van der Waals surface area (Å²) in [6.45, 7) is 2.01. The number of amides is 1. The summed E-state index contributed by atoms with van der Waals surface area (Å²) in [5.41, 5.74) is 0.103. The number of methoxy groups -OCH3 is 1. The molecule has 0 radical (unpaired) electrons. The summed E-state index contributed by atoms with van der Waals surface area (Å²) in [5, 5.41) is 0. The second-order valence-electron chi connectivity index (χ2n) is 4.84. The van der Waals surface area contributed by atoms with E-state index >= 15 is 0 Å². The first-order valence-electron chi connectivity index (χ1n) is 6.15. The van der Waals surface area contributed by atoms with Gasteiger partial charge in [0.15, 0.2) is 0 Å². The molecule has 2 rings (SSSR count). The lowest BCUT2D eigenvalue weighted by Crippen LogP contribution is -2.36. The van der Waals surface area contributed by atoms with Crippen LogP contribution in [0, 0.1) is 11.7 Å². The van der Waals surface area contributed by atoms with Gasteiger partial charge in [-0.3, -0.25) is 4.79 Å². The average Bonchev–Trinajstić information content (AvgIpc) is 3.20. The Kier molecular flexibility index (Phi) is 3.55. The molecule has 4 heteroatoms. The van der Waals surface area contributed by atoms with Gasteiger partial charge in [0.25, 0.3) is 5.91 Å². The van der Waals surface area contributed by atoms with Gasteiger partial charge in [-0.25, -0.2) is 4.39 Å². The van der Waals surface area contributed by atoms with E-state index in [1.54, 1.807) is 18.0 Å². The molecular formula is C14H18FNO2. The van der Waals surface area contributed by atoms with Crippen LogP contribution in [0.1, 0.15) is 30.1 Å². The monoisotopic (exact) mass is 251 g/mol. The van der Waals surface area contributed by atoms with Crippen molar-refractivity contribution in [2.45, 2.75) is 25.8 Å². The van der Waals surface area contributed by atoms with Crippen LogP contribution in [-0.4, -0.2) is 31.0 Å². The number of benzene rings is 1. The van der Waals surface area contributed by atoms with Gasteiger partial charge < -0.3 is 9.64 Å². The minimum Gasteiger partial charge on any atom is -0.497 e. The standard InChI is InChI=1S/C14H18FNO2/c1-9(10-4-5-10)16(2)14(17)12-7-6-11(18-3)8-13(12)15/h6-10H,4-5H2,1-3H3. The van der Waals surface area contributed by atoms with E-state index in [0.717, 1.165) is 12.8 Å². The van der Waals surface area contributed by atoms with Crippen LogP contribution >= 0.6 is 0 Å². The first kappa shape index (κ1) is 12.9. The molecule has 1 aliphatic rings. The van der Waals surface area contributed by atoms with Crippen LogP contribution < -0.4 is 4.74 Å². The molecule has 0 heterocycles. The van der Waals surface area contributed by atoms with E-state index in [-0.39, 0.29) is 17.5 Å². The van der Waals surface area contributed by atoms with Crippen molar-refractivity contribution in [3.8, 4) is 5.75 Å². The molecule has 1 aliphatic carbocycles. The van der Waals surface area contributed by atoms with Crippen molar-refractivity contribution in [2.24, 2.45) is 5.92 Å². The highest BCUT2D eigenvalue weighted by Gasteiger charge is 2.33. The third-order valence-electron chi connectivity index (χ3n) is 3.64. The molecule has 0 aliphatic heterocycles. The fourth-order valence-electron chi connectivity index (χ4n) is 2.07. The third kappa shape index (κ3) is 2.47. The number of hydrogen-bond donors (Lipinski definition) is 0. The van der Waals surface area contributed by atoms with Gasteiger partial charge in [0.2, 0.25) is 0 Å². The summed E-state index contributed by atoms with van der Waals surface area (Å²) >= 11 is 0. The Bertz CT molecular complexity index is 457. The van der Waals surface area contributed by atoms with Gasteiger partial charge in [-0.15, -0.1) is 0 Å². The van der Waals surface area contributed by atoms with E-state index in [2.05, 4.69) is 0 Å². The predicted molar refractivity (Wildman–Crippen MR) is 67.2 cm³/mol. The summed E-state index contributed by atoms with van der Waals surface area (Å²) in [6, 6.07) is 4.49. The Hall–Kier alpha value is -1.58. The van der Waals surface area contributed by atoms with Crippen LogP contribution in [-0.2, 0) is 0 Å². The second-order valence-corrected chi connectivity index (χ2v) is 4.84. The van der Waals surface area contributed by atoms with Crippen molar-refractivity contribution in [1.82, 2.24) is 4.90 Å². The Balaban J connectivity index is 2.17. The Morgan fingerprint density at radius 1 is 1.50 bits per heavy atom. The van der Waals surface area contributed by atoms with Crippen molar-refractivity contribution >= 4 is 5.91 Å². The number of carbonyl (C=O) groups excluding carboxylic acids is 1. The first-order chi connectivity index (χ1) is 8.54. The van der Waals surface area contributed by atoms with E-state index in [1.165, 1.54) is 19.2 Å². The first-order valence-corrected chi connectivity index (χ1v) is 6.15. The Morgan fingerprint density at radius 3 is 2.67 bits per heavy atom. The maximum absolute atomic E-state index is 13.8. The highest BCUT2D eigenvalue weighted by Crippen LogP contribution is 2.35. The smallest absolute Gasteiger partial charge is 0.256 e. The molecule has 1 aromatic rings. The molecular weight excluding hydrogens is 233 g/mol. The second kappa shape index (κ2) is 4.96. The van der Waals surface area contributed by atoms with Crippen LogP contribution in [0.25, 0.3) is 0 Å². The zero-order valence-corrected chi connectivity index (χ0v) is 10.9. The molecule has 1 aromatic carbocycles. The molecule has 0 N–H and O–H groups in total. The Morgan fingerprint density at radius 2 is 2.17 bits per heavy atom. The van der Waals surface area contributed by atoms with Gasteiger partial charge >= 0.3 is 0 Å². The number of rotatable bonds is 4. The van der Waals surface area contributed by atoms with Gasteiger partial charge in [0, 0.05) is 19.2 Å². The minimum absolute atomic E-state index is 0.103. The van der Waals surface area contributed by atoms with Gasteiger partial charge in [0.05, 0.1) is 12.7 Å². The SMILES string of the molecule is COc1ccc(C(=O)N(C)C(C)C2CC2)c(F)c1. The lowest BCUT2D eigenvalue weighted by Gasteiger charge is -2.25. The number of halogens is 1. The molecule has 1 amide bonds. The zero-order valence-electron chi connectivity index (χ0n) is 10.9. The van der Waals surface area contributed by atoms with Crippen molar-refractivity contribution in [1.29, 1.82) is 0 Å². The Labute approximate surface area is 107 Å². The third-order valence-corrected chi connectivity index (χ3v) is 3.64. The maximum atomic E-state index is 13.8. The highest BCUT2D eigenvalue weighted by atomic mass is 19.1. The molecule has 3 nitrogen and oxygen atoms in total. The quantitative estimate of drug-likeness (QED) is 0.823. The summed E-state index contributed by atoms with van der Waals surface area (Å²) in [6.07, 6.45) is 2.31. The van der Waals surface area contributed by atoms with E-state index in [1.807, 2.05) is 6.92 Å². The molecule has 0 bridgehead atoms. The molecule has 0 saturated heterocycles. The molecule has 1 atom stereocenters. The predicted octanol–water partition coefficient (Wildman–Crippen LogP) is 2.70. The van der Waals surface area contributed by atoms with Crippen LogP contribution in [0.4, 0.5) is 4.39 Å². The van der Waals surface area contributed by atoms with E-state index < -0.39 is 5.82 Å². The topological polar surface area (TPSA) is 29.5 Å². The highest BCUT2D eigenvalue weighted by molar-refractivity contribution is 5.94. The van der Waals surface area contributed by atoms with Crippen LogP contribution in [0.5, 0.6) is 5.75 Å². The van der Waals surface area contributed by atoms with E-state index in [4.69, 9.17) is 4.74 Å². The van der Waals surface area contributed by atoms with Crippen LogP contribution in [0.2, 0.25) is 0 Å². The van der Waals surface area contributed by atoms with E-state index in [0.29, 0.717) is 11.7 Å². The maximum Gasteiger partial charge on any atom is 0.256 e. The minimum atomic E-state index is -0.533. The molecule has 1 saturated carbocycles. The van der Waals surface area contributed by atoms with Crippen molar-refractivity contribution in [2.75, 3.05) is 14.2 Å². The summed E-state index contributed by atoms with van der Waals surface area (Å²) < 4.78 is 18.7. The van der Waals surface area contributed by atoms with Gasteiger partial charge in [-0.2, -0.15) is 0 Å². The van der Waals surface area contributed by atoms with Gasteiger partial charge in [0.1, 0.15) is 11.6 Å². The van der Waals surface area contributed by atoms with Gasteiger partial charge in [-0.05, 0) is 37.8 Å². The molecule has 18 heavy (non-hydrogen) atoms. The normalized spacial score (nSPS) is 16.2. The molecule has 1 fully saturated rings. The lowest BCUT2D eigenvalue weighted by molar-refractivity contribution is 0.0722. The summed E-state index contributed by atoms with van der Waals surface area (Å²) in [5.74, 6) is 0.186. The van der Waals surface area contributed by atoms with Crippen molar-refractivity contribution < 1.29 is 13.9 Å². The van der Waals surface area contributed by atoms with E-state index in [9.17, 15) is 9.18 Å².